The minimum Gasteiger partial charge on any atom is -0.497 e. The standard InChI is InChI=1S/C21H24N2O2/c1-14(2)12-21-23-19(17-6-4-5-7-20(17)25-21)13-18(22-23)15-8-10-16(24-3)11-9-15/h4-11,14,19,21H,12-13H2,1-3H3. The van der Waals surface area contributed by atoms with Crippen molar-refractivity contribution in [2.75, 3.05) is 7.11 Å². The van der Waals surface area contributed by atoms with Gasteiger partial charge < -0.3 is 9.47 Å². The molecule has 0 N–H and O–H groups in total. The maximum absolute atomic E-state index is 6.28. The van der Waals surface area contributed by atoms with Gasteiger partial charge in [-0.3, -0.25) is 5.01 Å². The first-order valence-electron chi connectivity index (χ1n) is 8.91. The predicted molar refractivity (Wildman–Crippen MR) is 99.0 cm³/mol. The molecule has 25 heavy (non-hydrogen) atoms. The van der Waals surface area contributed by atoms with Gasteiger partial charge in [0, 0.05) is 18.4 Å². The first-order chi connectivity index (χ1) is 12.2. The van der Waals surface area contributed by atoms with Crippen molar-refractivity contribution in [3.8, 4) is 11.5 Å². The number of nitrogens with zero attached hydrogens (tertiary/aromatic N) is 2. The molecule has 2 aliphatic rings. The Hall–Kier alpha value is -2.49. The Morgan fingerprint density at radius 2 is 1.92 bits per heavy atom. The second-order valence-corrected chi connectivity index (χ2v) is 7.12. The van der Waals surface area contributed by atoms with Crippen LogP contribution in [0, 0.1) is 5.92 Å². The van der Waals surface area contributed by atoms with Gasteiger partial charge >= 0.3 is 0 Å². The minimum atomic E-state index is -0.00403. The van der Waals surface area contributed by atoms with Crippen molar-refractivity contribution in [3.63, 3.8) is 0 Å². The lowest BCUT2D eigenvalue weighted by Crippen LogP contribution is -2.41. The molecule has 0 aromatic heterocycles. The van der Waals surface area contributed by atoms with Crippen molar-refractivity contribution in [2.24, 2.45) is 11.0 Å². The Morgan fingerprint density at radius 3 is 2.64 bits per heavy atom. The molecule has 0 radical (unpaired) electrons. The zero-order chi connectivity index (χ0) is 17.4. The topological polar surface area (TPSA) is 34.1 Å². The second-order valence-electron chi connectivity index (χ2n) is 7.12. The van der Waals surface area contributed by atoms with Gasteiger partial charge in [-0.15, -0.1) is 0 Å². The van der Waals surface area contributed by atoms with Crippen LogP contribution in [0.4, 0.5) is 0 Å². The van der Waals surface area contributed by atoms with E-state index in [1.54, 1.807) is 7.11 Å². The molecule has 2 aromatic rings. The van der Waals surface area contributed by atoms with Crippen molar-refractivity contribution in [3.05, 3.63) is 59.7 Å². The minimum absolute atomic E-state index is 0.00403. The number of para-hydroxylation sites is 1. The van der Waals surface area contributed by atoms with Crippen molar-refractivity contribution < 1.29 is 9.47 Å². The smallest absolute Gasteiger partial charge is 0.188 e. The molecule has 0 spiro atoms. The normalized spacial score (nSPS) is 21.4. The Bertz CT molecular complexity index is 783. The molecule has 4 heteroatoms. The molecule has 4 rings (SSSR count). The fraction of sp³-hybridized carbons (Fsp3) is 0.381. The molecule has 2 aromatic carbocycles. The highest BCUT2D eigenvalue weighted by Crippen LogP contribution is 2.44. The lowest BCUT2D eigenvalue weighted by Gasteiger charge is -2.38. The van der Waals surface area contributed by atoms with Gasteiger partial charge in [0.25, 0.3) is 0 Å². The lowest BCUT2D eigenvalue weighted by molar-refractivity contribution is -0.0291. The van der Waals surface area contributed by atoms with Crippen LogP contribution < -0.4 is 9.47 Å². The van der Waals surface area contributed by atoms with Gasteiger partial charge in [0.1, 0.15) is 11.5 Å². The number of hydrogen-bond acceptors (Lipinski definition) is 4. The molecule has 2 atom stereocenters. The Balaban J connectivity index is 1.68. The summed E-state index contributed by atoms with van der Waals surface area (Å²) >= 11 is 0. The summed E-state index contributed by atoms with van der Waals surface area (Å²) in [5, 5.41) is 7.12. The van der Waals surface area contributed by atoms with Crippen molar-refractivity contribution in [1.29, 1.82) is 0 Å². The van der Waals surface area contributed by atoms with Crippen LogP contribution in [-0.2, 0) is 0 Å². The van der Waals surface area contributed by atoms with E-state index in [9.17, 15) is 0 Å². The Morgan fingerprint density at radius 1 is 1.16 bits per heavy atom. The molecule has 2 aliphatic heterocycles. The average Bonchev–Trinajstić information content (AvgIpc) is 3.07. The highest BCUT2D eigenvalue weighted by Gasteiger charge is 2.40. The van der Waals surface area contributed by atoms with Crippen molar-refractivity contribution >= 4 is 5.71 Å². The molecule has 0 saturated carbocycles. The molecule has 130 valence electrons. The third-order valence-corrected chi connectivity index (χ3v) is 4.87. The van der Waals surface area contributed by atoms with E-state index >= 15 is 0 Å². The summed E-state index contributed by atoms with van der Waals surface area (Å²) in [6.07, 6.45) is 1.86. The average molecular weight is 336 g/mol. The summed E-state index contributed by atoms with van der Waals surface area (Å²) < 4.78 is 11.5. The first kappa shape index (κ1) is 16.0. The van der Waals surface area contributed by atoms with Crippen molar-refractivity contribution in [2.45, 2.75) is 39.0 Å². The van der Waals surface area contributed by atoms with Gasteiger partial charge in [0.2, 0.25) is 0 Å². The van der Waals surface area contributed by atoms with Gasteiger partial charge in [-0.1, -0.05) is 32.0 Å². The SMILES string of the molecule is COc1ccc(C2=NN3C(CC(C)C)Oc4ccccc4C3C2)cc1. The molecule has 2 unspecified atom stereocenters. The molecule has 0 amide bonds. The van der Waals surface area contributed by atoms with E-state index in [1.165, 1.54) is 5.56 Å². The first-order valence-corrected chi connectivity index (χ1v) is 8.91. The highest BCUT2D eigenvalue weighted by molar-refractivity contribution is 6.02. The molecular formula is C21H24N2O2. The number of ether oxygens (including phenoxy) is 2. The third-order valence-electron chi connectivity index (χ3n) is 4.87. The van der Waals surface area contributed by atoms with Gasteiger partial charge in [-0.2, -0.15) is 5.10 Å². The van der Waals surface area contributed by atoms with Crippen LogP contribution in [0.15, 0.2) is 53.6 Å². The maximum Gasteiger partial charge on any atom is 0.188 e. The monoisotopic (exact) mass is 336 g/mol. The van der Waals surface area contributed by atoms with Crippen LogP contribution in [0.25, 0.3) is 0 Å². The molecule has 0 bridgehead atoms. The van der Waals surface area contributed by atoms with Gasteiger partial charge in [-0.05, 0) is 41.8 Å². The summed E-state index contributed by atoms with van der Waals surface area (Å²) in [7, 11) is 1.69. The lowest BCUT2D eigenvalue weighted by atomic mass is 9.95. The Labute approximate surface area is 149 Å². The van der Waals surface area contributed by atoms with Crippen LogP contribution in [0.3, 0.4) is 0 Å². The molecule has 0 fully saturated rings. The highest BCUT2D eigenvalue weighted by atomic mass is 16.5. The number of benzene rings is 2. The summed E-state index contributed by atoms with van der Waals surface area (Å²) in [6, 6.07) is 16.8. The predicted octanol–water partition coefficient (Wildman–Crippen LogP) is 4.61. The van der Waals surface area contributed by atoms with E-state index in [1.807, 2.05) is 18.2 Å². The fourth-order valence-electron chi connectivity index (χ4n) is 3.63. The molecule has 0 saturated heterocycles. The largest absolute Gasteiger partial charge is 0.497 e. The number of fused-ring (bicyclic) bond motifs is 3. The quantitative estimate of drug-likeness (QED) is 0.817. The van der Waals surface area contributed by atoms with Gasteiger partial charge in [0.15, 0.2) is 6.23 Å². The van der Waals surface area contributed by atoms with Crippen LogP contribution >= 0.6 is 0 Å². The van der Waals surface area contributed by atoms with E-state index in [-0.39, 0.29) is 12.3 Å². The number of hydrogen-bond donors (Lipinski definition) is 0. The summed E-state index contributed by atoms with van der Waals surface area (Å²) in [6.45, 7) is 4.45. The fourth-order valence-corrected chi connectivity index (χ4v) is 3.63. The zero-order valence-electron chi connectivity index (χ0n) is 15.0. The van der Waals surface area contributed by atoms with Crippen LogP contribution in [-0.4, -0.2) is 24.1 Å². The van der Waals surface area contributed by atoms with Crippen LogP contribution in [0.1, 0.15) is 43.9 Å². The molecule has 0 aliphatic carbocycles. The van der Waals surface area contributed by atoms with Crippen molar-refractivity contribution in [1.82, 2.24) is 5.01 Å². The maximum atomic E-state index is 6.28. The number of rotatable bonds is 4. The van der Waals surface area contributed by atoms with E-state index in [2.05, 4.69) is 49.2 Å². The van der Waals surface area contributed by atoms with E-state index in [4.69, 9.17) is 14.6 Å². The number of hydrazone groups is 1. The molecule has 2 heterocycles. The molecule has 4 nitrogen and oxygen atoms in total. The van der Waals surface area contributed by atoms with Crippen LogP contribution in [0.5, 0.6) is 11.5 Å². The van der Waals surface area contributed by atoms with E-state index < -0.39 is 0 Å². The molecular weight excluding hydrogens is 312 g/mol. The zero-order valence-corrected chi connectivity index (χ0v) is 15.0. The van der Waals surface area contributed by atoms with E-state index in [0.29, 0.717) is 5.92 Å². The van der Waals surface area contributed by atoms with Crippen LogP contribution in [0.2, 0.25) is 0 Å². The summed E-state index contributed by atoms with van der Waals surface area (Å²) in [5.74, 6) is 2.42. The Kier molecular flexibility index (Phi) is 4.12. The van der Waals surface area contributed by atoms with Gasteiger partial charge in [-0.25, -0.2) is 0 Å². The summed E-state index contributed by atoms with van der Waals surface area (Å²) in [5.41, 5.74) is 3.49. The van der Waals surface area contributed by atoms with Gasteiger partial charge in [0.05, 0.1) is 18.9 Å². The number of methoxy groups -OCH3 is 1. The summed E-state index contributed by atoms with van der Waals surface area (Å²) in [4.78, 5) is 0. The van der Waals surface area contributed by atoms with E-state index in [0.717, 1.165) is 35.6 Å². The third kappa shape index (κ3) is 2.97. The second kappa shape index (κ2) is 6.43.